The number of carbonyl (C=O) groups is 1. The van der Waals surface area contributed by atoms with Gasteiger partial charge in [0.15, 0.2) is 0 Å². The highest BCUT2D eigenvalue weighted by molar-refractivity contribution is 5.89. The van der Waals surface area contributed by atoms with Crippen LogP contribution in [0.1, 0.15) is 34.5 Å². The fraction of sp³-hybridized carbons (Fsp3) is 0.125. The molecule has 0 heterocycles. The van der Waals surface area contributed by atoms with Crippen LogP contribution in [0.15, 0.2) is 54.6 Å². The van der Waals surface area contributed by atoms with E-state index in [0.717, 1.165) is 5.56 Å². The van der Waals surface area contributed by atoms with Crippen LogP contribution in [-0.2, 0) is 4.74 Å². The topological polar surface area (TPSA) is 50.1 Å². The highest BCUT2D eigenvalue weighted by Gasteiger charge is 2.13. The zero-order valence-electron chi connectivity index (χ0n) is 10.5. The second-order valence-corrected chi connectivity index (χ2v) is 4.15. The maximum absolute atomic E-state index is 11.9. The number of nitriles is 1. The van der Waals surface area contributed by atoms with Crippen LogP contribution in [0.2, 0.25) is 0 Å². The van der Waals surface area contributed by atoms with Gasteiger partial charge in [-0.2, -0.15) is 5.26 Å². The zero-order chi connectivity index (χ0) is 13.7. The van der Waals surface area contributed by atoms with Crippen LogP contribution >= 0.6 is 0 Å². The van der Waals surface area contributed by atoms with Crippen LogP contribution in [-0.4, -0.2) is 5.97 Å². The fourth-order valence-electron chi connectivity index (χ4n) is 1.70. The molecule has 94 valence electrons. The number of hydrogen-bond donors (Lipinski definition) is 0. The van der Waals surface area contributed by atoms with E-state index in [9.17, 15) is 4.79 Å². The van der Waals surface area contributed by atoms with Crippen molar-refractivity contribution in [2.24, 2.45) is 0 Å². The molecule has 1 atom stereocenters. The third kappa shape index (κ3) is 3.20. The van der Waals surface area contributed by atoms with Crippen molar-refractivity contribution in [2.45, 2.75) is 13.0 Å². The van der Waals surface area contributed by atoms with Crippen molar-refractivity contribution in [3.05, 3.63) is 71.3 Å². The standard InChI is InChI=1S/C16H13NO2/c1-12(14-5-3-2-4-6-14)19-16(18)15-9-7-13(11-17)8-10-15/h2-10,12H,1H3. The van der Waals surface area contributed by atoms with E-state index in [1.54, 1.807) is 24.3 Å². The summed E-state index contributed by atoms with van der Waals surface area (Å²) in [6.45, 7) is 1.83. The minimum absolute atomic E-state index is 0.302. The van der Waals surface area contributed by atoms with Gasteiger partial charge in [0.25, 0.3) is 0 Å². The third-order valence-electron chi connectivity index (χ3n) is 2.80. The van der Waals surface area contributed by atoms with Gasteiger partial charge in [0.1, 0.15) is 6.10 Å². The van der Waals surface area contributed by atoms with Crippen LogP contribution in [0.5, 0.6) is 0 Å². The molecule has 0 aliphatic rings. The molecule has 1 unspecified atom stereocenters. The lowest BCUT2D eigenvalue weighted by atomic mass is 10.1. The molecule has 3 heteroatoms. The molecule has 2 aromatic rings. The van der Waals surface area contributed by atoms with Gasteiger partial charge in [-0.3, -0.25) is 0 Å². The molecule has 0 N–H and O–H groups in total. The van der Waals surface area contributed by atoms with Gasteiger partial charge >= 0.3 is 5.97 Å². The summed E-state index contributed by atoms with van der Waals surface area (Å²) in [7, 11) is 0. The number of rotatable bonds is 3. The highest BCUT2D eigenvalue weighted by Crippen LogP contribution is 2.18. The van der Waals surface area contributed by atoms with Gasteiger partial charge in [-0.15, -0.1) is 0 Å². The van der Waals surface area contributed by atoms with Gasteiger partial charge in [0.2, 0.25) is 0 Å². The Bertz CT molecular complexity index is 597. The SMILES string of the molecule is CC(OC(=O)c1ccc(C#N)cc1)c1ccccc1. The summed E-state index contributed by atoms with van der Waals surface area (Å²) in [5, 5.41) is 8.70. The molecule has 0 spiro atoms. The predicted octanol–water partition coefficient (Wildman–Crippen LogP) is 3.48. The lowest BCUT2D eigenvalue weighted by Crippen LogP contribution is -2.09. The minimum atomic E-state index is -0.388. The van der Waals surface area contributed by atoms with E-state index in [4.69, 9.17) is 10.00 Å². The zero-order valence-corrected chi connectivity index (χ0v) is 10.5. The van der Waals surface area contributed by atoms with E-state index >= 15 is 0 Å². The normalized spacial score (nSPS) is 11.4. The minimum Gasteiger partial charge on any atom is -0.454 e. The molecular weight excluding hydrogens is 238 g/mol. The Morgan fingerprint density at radius 3 is 2.32 bits per heavy atom. The van der Waals surface area contributed by atoms with Gasteiger partial charge in [0.05, 0.1) is 17.2 Å². The van der Waals surface area contributed by atoms with Gasteiger partial charge in [-0.05, 0) is 36.8 Å². The summed E-state index contributed by atoms with van der Waals surface area (Å²) >= 11 is 0. The van der Waals surface area contributed by atoms with Gasteiger partial charge in [-0.1, -0.05) is 30.3 Å². The predicted molar refractivity (Wildman–Crippen MR) is 71.4 cm³/mol. The average molecular weight is 251 g/mol. The molecule has 0 radical (unpaired) electrons. The summed E-state index contributed by atoms with van der Waals surface area (Å²) in [4.78, 5) is 11.9. The lowest BCUT2D eigenvalue weighted by Gasteiger charge is -2.13. The van der Waals surface area contributed by atoms with Crippen LogP contribution in [0, 0.1) is 11.3 Å². The fourth-order valence-corrected chi connectivity index (χ4v) is 1.70. The van der Waals surface area contributed by atoms with Crippen LogP contribution < -0.4 is 0 Å². The Morgan fingerprint density at radius 1 is 1.11 bits per heavy atom. The van der Waals surface area contributed by atoms with E-state index in [-0.39, 0.29) is 12.1 Å². The molecule has 0 amide bonds. The number of esters is 1. The summed E-state index contributed by atoms with van der Waals surface area (Å²) in [5.74, 6) is -0.388. The Morgan fingerprint density at radius 2 is 1.74 bits per heavy atom. The van der Waals surface area contributed by atoms with Crippen LogP contribution in [0.25, 0.3) is 0 Å². The molecule has 2 aromatic carbocycles. The molecule has 2 rings (SSSR count). The van der Waals surface area contributed by atoms with Crippen molar-refractivity contribution in [3.8, 4) is 6.07 Å². The van der Waals surface area contributed by atoms with Crippen molar-refractivity contribution in [2.75, 3.05) is 0 Å². The van der Waals surface area contributed by atoms with Crippen molar-refractivity contribution < 1.29 is 9.53 Å². The number of nitrogens with zero attached hydrogens (tertiary/aromatic N) is 1. The Kier molecular flexibility index (Phi) is 3.94. The van der Waals surface area contributed by atoms with Crippen molar-refractivity contribution in [1.29, 1.82) is 5.26 Å². The monoisotopic (exact) mass is 251 g/mol. The maximum Gasteiger partial charge on any atom is 0.338 e. The molecule has 0 aliphatic heterocycles. The second-order valence-electron chi connectivity index (χ2n) is 4.15. The number of carbonyl (C=O) groups excluding carboxylic acids is 1. The van der Waals surface area contributed by atoms with Gasteiger partial charge in [0, 0.05) is 0 Å². The van der Waals surface area contributed by atoms with Crippen molar-refractivity contribution >= 4 is 5.97 Å². The highest BCUT2D eigenvalue weighted by atomic mass is 16.5. The van der Waals surface area contributed by atoms with Gasteiger partial charge in [-0.25, -0.2) is 4.79 Å². The second kappa shape index (κ2) is 5.83. The largest absolute Gasteiger partial charge is 0.454 e. The third-order valence-corrected chi connectivity index (χ3v) is 2.80. The lowest BCUT2D eigenvalue weighted by molar-refractivity contribution is 0.0338. The molecular formula is C16H13NO2. The van der Waals surface area contributed by atoms with Gasteiger partial charge < -0.3 is 4.74 Å². The summed E-state index contributed by atoms with van der Waals surface area (Å²) in [6.07, 6.45) is -0.302. The quantitative estimate of drug-likeness (QED) is 0.785. The molecule has 0 saturated carbocycles. The Hall–Kier alpha value is -2.60. The van der Waals surface area contributed by atoms with E-state index in [1.165, 1.54) is 0 Å². The summed E-state index contributed by atoms with van der Waals surface area (Å²) < 4.78 is 5.37. The summed E-state index contributed by atoms with van der Waals surface area (Å²) in [5.41, 5.74) is 1.92. The molecule has 3 nitrogen and oxygen atoms in total. The van der Waals surface area contributed by atoms with E-state index in [1.807, 2.05) is 43.3 Å². The first-order chi connectivity index (χ1) is 9.20. The first-order valence-corrected chi connectivity index (χ1v) is 5.97. The van der Waals surface area contributed by atoms with E-state index in [2.05, 4.69) is 0 Å². The number of benzene rings is 2. The van der Waals surface area contributed by atoms with Crippen LogP contribution in [0.4, 0.5) is 0 Å². The first kappa shape index (κ1) is 12.8. The molecule has 19 heavy (non-hydrogen) atoms. The molecule has 0 aromatic heterocycles. The van der Waals surface area contributed by atoms with Crippen LogP contribution in [0.3, 0.4) is 0 Å². The Labute approximate surface area is 112 Å². The first-order valence-electron chi connectivity index (χ1n) is 5.97. The smallest absolute Gasteiger partial charge is 0.338 e. The molecule has 0 bridgehead atoms. The Balaban J connectivity index is 2.06. The number of ether oxygens (including phenoxy) is 1. The van der Waals surface area contributed by atoms with E-state index < -0.39 is 0 Å². The molecule has 0 fully saturated rings. The maximum atomic E-state index is 11.9. The van der Waals surface area contributed by atoms with Crippen molar-refractivity contribution in [1.82, 2.24) is 0 Å². The molecule has 0 aliphatic carbocycles. The number of hydrogen-bond acceptors (Lipinski definition) is 3. The van der Waals surface area contributed by atoms with E-state index in [0.29, 0.717) is 11.1 Å². The molecule has 0 saturated heterocycles. The van der Waals surface area contributed by atoms with Crippen molar-refractivity contribution in [3.63, 3.8) is 0 Å². The summed E-state index contributed by atoms with van der Waals surface area (Å²) in [6, 6.07) is 18.0. The average Bonchev–Trinajstić information content (AvgIpc) is 2.48.